The van der Waals surface area contributed by atoms with Gasteiger partial charge < -0.3 is 4.57 Å². The van der Waals surface area contributed by atoms with E-state index in [0.29, 0.717) is 0 Å². The van der Waals surface area contributed by atoms with E-state index in [1.54, 1.807) is 0 Å². The number of fused-ring (bicyclic) bond motifs is 10. The van der Waals surface area contributed by atoms with Crippen LogP contribution in [0.4, 0.5) is 0 Å². The van der Waals surface area contributed by atoms with E-state index >= 15 is 0 Å². The lowest BCUT2D eigenvalue weighted by molar-refractivity contribution is 1.19. The minimum Gasteiger partial charge on any atom is -0.309 e. The van der Waals surface area contributed by atoms with Gasteiger partial charge >= 0.3 is 0 Å². The Morgan fingerprint density at radius 1 is 0.410 bits per heavy atom. The molecule has 0 aliphatic heterocycles. The zero-order chi connectivity index (χ0) is 25.5. The smallest absolute Gasteiger partial charge is 0.0634 e. The van der Waals surface area contributed by atoms with Crippen LogP contribution in [-0.4, -0.2) is 4.57 Å². The molecule has 0 radical (unpaired) electrons. The maximum absolute atomic E-state index is 2.46. The second kappa shape index (κ2) is 8.03. The second-order valence-corrected chi connectivity index (χ2v) is 12.2. The quantitative estimate of drug-likeness (QED) is 0.209. The molecule has 0 atom stereocenters. The van der Waals surface area contributed by atoms with E-state index in [1.165, 1.54) is 79.0 Å². The summed E-state index contributed by atoms with van der Waals surface area (Å²) in [6.45, 7) is 0. The summed E-state index contributed by atoms with van der Waals surface area (Å²) in [6, 6.07) is 46.6. The number of hydrogen-bond donors (Lipinski definition) is 0. The molecule has 0 N–H and O–H groups in total. The first kappa shape index (κ1) is 21.5. The molecule has 0 saturated carbocycles. The molecular weight excluding hydrogens is 511 g/mol. The van der Waals surface area contributed by atoms with Crippen LogP contribution in [0.1, 0.15) is 0 Å². The van der Waals surface area contributed by atoms with Gasteiger partial charge in [0.15, 0.2) is 0 Å². The Hall–Kier alpha value is -4.44. The first-order valence-electron chi connectivity index (χ1n) is 13.2. The van der Waals surface area contributed by atoms with Crippen LogP contribution < -0.4 is 0 Å². The van der Waals surface area contributed by atoms with Gasteiger partial charge in [-0.05, 0) is 30.3 Å². The molecule has 9 rings (SSSR count). The van der Waals surface area contributed by atoms with E-state index in [1.807, 2.05) is 22.7 Å². The summed E-state index contributed by atoms with van der Waals surface area (Å²) < 4.78 is 7.85. The molecule has 0 bridgehead atoms. The third-order valence-corrected chi connectivity index (χ3v) is 10.4. The molecule has 3 heteroatoms. The van der Waals surface area contributed by atoms with Gasteiger partial charge in [0.2, 0.25) is 0 Å². The van der Waals surface area contributed by atoms with Crippen molar-refractivity contribution in [2.75, 3.05) is 0 Å². The normalized spacial score (nSPS) is 12.1. The monoisotopic (exact) mass is 531 g/mol. The molecule has 0 fully saturated rings. The maximum atomic E-state index is 2.46. The van der Waals surface area contributed by atoms with Crippen LogP contribution >= 0.6 is 22.7 Å². The van der Waals surface area contributed by atoms with Gasteiger partial charge in [-0.1, -0.05) is 97.1 Å². The van der Waals surface area contributed by atoms with Crippen LogP contribution in [0.5, 0.6) is 0 Å². The second-order valence-electron chi connectivity index (χ2n) is 10.1. The van der Waals surface area contributed by atoms with Crippen LogP contribution in [0.25, 0.3) is 79.0 Å². The van der Waals surface area contributed by atoms with Gasteiger partial charge in [0.05, 0.1) is 11.0 Å². The fraction of sp³-hybridized carbons (Fsp3) is 0. The molecule has 0 amide bonds. The summed E-state index contributed by atoms with van der Waals surface area (Å²) in [6.07, 6.45) is 0. The van der Waals surface area contributed by atoms with Gasteiger partial charge in [0.1, 0.15) is 0 Å². The van der Waals surface area contributed by atoms with Crippen molar-refractivity contribution in [3.8, 4) is 16.8 Å². The number of para-hydroxylation sites is 2. The topological polar surface area (TPSA) is 4.93 Å². The Kier molecular flexibility index (Phi) is 4.43. The average molecular weight is 532 g/mol. The highest BCUT2D eigenvalue weighted by Gasteiger charge is 2.20. The minimum atomic E-state index is 1.20. The summed E-state index contributed by atoms with van der Waals surface area (Å²) in [5.41, 5.74) is 6.38. The fourth-order valence-electron chi connectivity index (χ4n) is 6.35. The Balaban J connectivity index is 1.43. The Morgan fingerprint density at radius 2 is 1.05 bits per heavy atom. The molecular formula is C36H21NS2. The van der Waals surface area contributed by atoms with E-state index in [9.17, 15) is 0 Å². The molecule has 0 saturated heterocycles. The summed E-state index contributed by atoms with van der Waals surface area (Å²) in [4.78, 5) is 0. The van der Waals surface area contributed by atoms with E-state index in [0.717, 1.165) is 0 Å². The molecule has 1 nitrogen and oxygen atoms in total. The summed E-state index contributed by atoms with van der Waals surface area (Å²) in [5, 5.41) is 7.96. The number of thiophene rings is 2. The summed E-state index contributed by atoms with van der Waals surface area (Å²) >= 11 is 3.82. The molecule has 0 aliphatic rings. The van der Waals surface area contributed by atoms with Gasteiger partial charge in [-0.2, -0.15) is 0 Å². The van der Waals surface area contributed by atoms with E-state index < -0.39 is 0 Å². The van der Waals surface area contributed by atoms with E-state index in [2.05, 4.69) is 132 Å². The highest BCUT2D eigenvalue weighted by atomic mass is 32.1. The van der Waals surface area contributed by atoms with Crippen LogP contribution in [0, 0.1) is 0 Å². The predicted molar refractivity (Wildman–Crippen MR) is 172 cm³/mol. The number of rotatable bonds is 2. The van der Waals surface area contributed by atoms with Gasteiger partial charge in [0.25, 0.3) is 0 Å². The van der Waals surface area contributed by atoms with Gasteiger partial charge in [-0.25, -0.2) is 0 Å². The Labute approximate surface area is 232 Å². The molecule has 3 heterocycles. The predicted octanol–water partition coefficient (Wildman–Crippen LogP) is 11.2. The standard InChI is InChI=1S/C36H21NS2/c1-2-10-22(11-3-1)37-30-18-6-4-12-23(30)25-20-21-32-33(34(25)37)29-17-9-16-28(36(29)39-32)27-15-8-14-26-24-13-5-7-19-31(24)38-35(26)27/h1-21H. The fourth-order valence-corrected chi connectivity index (χ4v) is 8.82. The molecule has 9 aromatic rings. The van der Waals surface area contributed by atoms with Crippen molar-refractivity contribution in [1.82, 2.24) is 4.57 Å². The lowest BCUT2D eigenvalue weighted by Gasteiger charge is -2.09. The van der Waals surface area contributed by atoms with Crippen molar-refractivity contribution in [3.05, 3.63) is 127 Å². The third-order valence-electron chi connectivity index (χ3n) is 8.00. The number of nitrogens with zero attached hydrogens (tertiary/aromatic N) is 1. The molecule has 182 valence electrons. The molecule has 39 heavy (non-hydrogen) atoms. The largest absolute Gasteiger partial charge is 0.309 e. The van der Waals surface area contributed by atoms with Crippen LogP contribution in [-0.2, 0) is 0 Å². The lowest BCUT2D eigenvalue weighted by Crippen LogP contribution is -1.93. The SMILES string of the molecule is c1ccc(-n2c3ccccc3c3ccc4sc5c(-c6cccc7c6sc6ccccc67)cccc5c4c32)cc1. The van der Waals surface area contributed by atoms with Gasteiger partial charge in [0, 0.05) is 67.9 Å². The highest BCUT2D eigenvalue weighted by Crippen LogP contribution is 2.47. The van der Waals surface area contributed by atoms with Crippen molar-refractivity contribution in [1.29, 1.82) is 0 Å². The molecule has 3 aromatic heterocycles. The van der Waals surface area contributed by atoms with Crippen LogP contribution in [0.3, 0.4) is 0 Å². The van der Waals surface area contributed by atoms with Crippen LogP contribution in [0.15, 0.2) is 127 Å². The average Bonchev–Trinajstić information content (AvgIpc) is 3.67. The van der Waals surface area contributed by atoms with E-state index in [4.69, 9.17) is 0 Å². The Morgan fingerprint density at radius 3 is 1.90 bits per heavy atom. The van der Waals surface area contributed by atoms with Crippen molar-refractivity contribution in [2.45, 2.75) is 0 Å². The van der Waals surface area contributed by atoms with Crippen molar-refractivity contribution in [2.24, 2.45) is 0 Å². The highest BCUT2D eigenvalue weighted by molar-refractivity contribution is 7.27. The first-order chi connectivity index (χ1) is 19.4. The number of hydrogen-bond acceptors (Lipinski definition) is 2. The number of benzene rings is 6. The van der Waals surface area contributed by atoms with Crippen molar-refractivity contribution in [3.63, 3.8) is 0 Å². The molecule has 0 aliphatic carbocycles. The molecule has 0 spiro atoms. The van der Waals surface area contributed by atoms with Crippen molar-refractivity contribution < 1.29 is 0 Å². The van der Waals surface area contributed by atoms with Gasteiger partial charge in [-0.15, -0.1) is 22.7 Å². The van der Waals surface area contributed by atoms with Gasteiger partial charge in [-0.3, -0.25) is 0 Å². The Bertz CT molecular complexity index is 2390. The summed E-state index contributed by atoms with van der Waals surface area (Å²) in [7, 11) is 0. The molecule has 0 unspecified atom stereocenters. The van der Waals surface area contributed by atoms with Crippen LogP contribution in [0.2, 0.25) is 0 Å². The zero-order valence-corrected chi connectivity index (χ0v) is 22.5. The maximum Gasteiger partial charge on any atom is 0.0634 e. The lowest BCUT2D eigenvalue weighted by atomic mass is 10.00. The number of aromatic nitrogens is 1. The van der Waals surface area contributed by atoms with Crippen molar-refractivity contribution >= 4 is 84.8 Å². The van der Waals surface area contributed by atoms with E-state index in [-0.39, 0.29) is 0 Å². The zero-order valence-electron chi connectivity index (χ0n) is 20.9. The molecule has 6 aromatic carbocycles. The summed E-state index contributed by atoms with van der Waals surface area (Å²) in [5.74, 6) is 0. The third kappa shape index (κ3) is 2.94. The first-order valence-corrected chi connectivity index (χ1v) is 14.8. The minimum absolute atomic E-state index is 1.20.